The second kappa shape index (κ2) is 4.75. The van der Waals surface area contributed by atoms with Crippen molar-refractivity contribution in [2.75, 3.05) is 18.8 Å². The number of aryl methyl sites for hydroxylation is 1. The third-order valence-corrected chi connectivity index (χ3v) is 3.55. The molecule has 1 saturated heterocycles. The summed E-state index contributed by atoms with van der Waals surface area (Å²) in [4.78, 5) is 0. The zero-order valence-electron chi connectivity index (χ0n) is 8.36. The summed E-state index contributed by atoms with van der Waals surface area (Å²) in [6.07, 6.45) is 1.30. The van der Waals surface area contributed by atoms with Gasteiger partial charge in [0.15, 0.2) is 0 Å². The molecule has 0 radical (unpaired) electrons. The molecule has 1 fully saturated rings. The first kappa shape index (κ1) is 9.93. The van der Waals surface area contributed by atoms with Gasteiger partial charge in [-0.25, -0.2) is 0 Å². The van der Waals surface area contributed by atoms with Gasteiger partial charge in [-0.2, -0.15) is 5.10 Å². The van der Waals surface area contributed by atoms with E-state index in [1.54, 1.807) is 0 Å². The Labute approximate surface area is 88.7 Å². The Bertz CT molecular complexity index is 280. The summed E-state index contributed by atoms with van der Waals surface area (Å²) in [5, 5.41) is 12.6. The molecule has 0 amide bonds. The molecule has 0 aliphatic carbocycles. The number of thioether (sulfide) groups is 1. The van der Waals surface area contributed by atoms with Gasteiger partial charge in [-0.1, -0.05) is 0 Å². The fraction of sp³-hybridized carbons (Fsp3) is 0.600. The highest BCUT2D eigenvalue weighted by Crippen LogP contribution is 2.20. The van der Waals surface area contributed by atoms with E-state index in [4.69, 9.17) is 0 Å². The minimum Gasteiger partial charge on any atom is -0.316 e. The SMILES string of the molecule is Cc1ccc(SC[C@@H]2CCNC2)nn1. The summed E-state index contributed by atoms with van der Waals surface area (Å²) in [6, 6.07) is 4.07. The van der Waals surface area contributed by atoms with E-state index in [0.717, 1.165) is 28.9 Å². The number of aromatic nitrogens is 2. The lowest BCUT2D eigenvalue weighted by Crippen LogP contribution is -2.10. The van der Waals surface area contributed by atoms with Crippen molar-refractivity contribution in [2.45, 2.75) is 18.4 Å². The largest absolute Gasteiger partial charge is 0.316 e. The van der Waals surface area contributed by atoms with Crippen LogP contribution in [0.4, 0.5) is 0 Å². The highest BCUT2D eigenvalue weighted by Gasteiger charge is 2.14. The molecule has 1 aliphatic heterocycles. The molecule has 0 unspecified atom stereocenters. The fourth-order valence-corrected chi connectivity index (χ4v) is 2.48. The van der Waals surface area contributed by atoms with Gasteiger partial charge in [0, 0.05) is 5.75 Å². The molecule has 0 aromatic carbocycles. The van der Waals surface area contributed by atoms with Crippen molar-refractivity contribution in [2.24, 2.45) is 5.92 Å². The quantitative estimate of drug-likeness (QED) is 0.765. The third-order valence-electron chi connectivity index (χ3n) is 2.40. The van der Waals surface area contributed by atoms with Crippen LogP contribution in [-0.2, 0) is 0 Å². The number of nitrogens with zero attached hydrogens (tertiary/aromatic N) is 2. The van der Waals surface area contributed by atoms with Crippen LogP contribution in [0.3, 0.4) is 0 Å². The number of hydrogen-bond donors (Lipinski definition) is 1. The van der Waals surface area contributed by atoms with Crippen molar-refractivity contribution in [3.8, 4) is 0 Å². The van der Waals surface area contributed by atoms with Crippen LogP contribution >= 0.6 is 11.8 Å². The first-order chi connectivity index (χ1) is 6.84. The van der Waals surface area contributed by atoms with Crippen molar-refractivity contribution >= 4 is 11.8 Å². The summed E-state index contributed by atoms with van der Waals surface area (Å²) in [7, 11) is 0. The lowest BCUT2D eigenvalue weighted by atomic mass is 10.2. The number of hydrogen-bond acceptors (Lipinski definition) is 4. The maximum atomic E-state index is 4.13. The summed E-state index contributed by atoms with van der Waals surface area (Å²) in [6.45, 7) is 4.29. The van der Waals surface area contributed by atoms with E-state index in [1.165, 1.54) is 13.0 Å². The molecule has 4 heteroatoms. The van der Waals surface area contributed by atoms with Crippen LogP contribution < -0.4 is 5.32 Å². The second-order valence-corrected chi connectivity index (χ2v) is 4.72. The van der Waals surface area contributed by atoms with Crippen LogP contribution in [0, 0.1) is 12.8 Å². The van der Waals surface area contributed by atoms with Crippen molar-refractivity contribution < 1.29 is 0 Å². The molecule has 0 bridgehead atoms. The molecule has 1 aliphatic rings. The molecule has 1 N–H and O–H groups in total. The van der Waals surface area contributed by atoms with E-state index < -0.39 is 0 Å². The zero-order valence-corrected chi connectivity index (χ0v) is 9.18. The Kier molecular flexibility index (Phi) is 3.37. The maximum Gasteiger partial charge on any atom is 0.119 e. The molecule has 76 valence electrons. The van der Waals surface area contributed by atoms with Crippen LogP contribution in [0.1, 0.15) is 12.1 Å². The number of rotatable bonds is 3. The molecule has 2 heterocycles. The van der Waals surface area contributed by atoms with E-state index >= 15 is 0 Å². The maximum absolute atomic E-state index is 4.13. The molecule has 2 rings (SSSR count). The van der Waals surface area contributed by atoms with E-state index in [0.29, 0.717) is 0 Å². The summed E-state index contributed by atoms with van der Waals surface area (Å²) in [5.74, 6) is 1.97. The average Bonchev–Trinajstić information content (AvgIpc) is 2.70. The van der Waals surface area contributed by atoms with Crippen LogP contribution in [0.25, 0.3) is 0 Å². The predicted octanol–water partition coefficient (Wildman–Crippen LogP) is 1.49. The third kappa shape index (κ3) is 2.69. The minimum atomic E-state index is 0.808. The van der Waals surface area contributed by atoms with Crippen LogP contribution in [0.5, 0.6) is 0 Å². The smallest absolute Gasteiger partial charge is 0.119 e. The highest BCUT2D eigenvalue weighted by molar-refractivity contribution is 7.99. The van der Waals surface area contributed by atoms with Crippen LogP contribution in [0.2, 0.25) is 0 Å². The molecule has 1 atom stereocenters. The monoisotopic (exact) mass is 209 g/mol. The molecule has 1 aromatic rings. The molecule has 0 spiro atoms. The van der Waals surface area contributed by atoms with Gasteiger partial charge in [-0.15, -0.1) is 16.9 Å². The Morgan fingerprint density at radius 1 is 1.50 bits per heavy atom. The Hall–Kier alpha value is -0.610. The minimum absolute atomic E-state index is 0.808. The van der Waals surface area contributed by atoms with Gasteiger partial charge < -0.3 is 5.32 Å². The average molecular weight is 209 g/mol. The molecular formula is C10H15N3S. The van der Waals surface area contributed by atoms with E-state index in [2.05, 4.69) is 21.6 Å². The normalized spacial score (nSPS) is 21.4. The Morgan fingerprint density at radius 3 is 3.07 bits per heavy atom. The van der Waals surface area contributed by atoms with Crippen molar-refractivity contribution in [3.63, 3.8) is 0 Å². The molecule has 0 saturated carbocycles. The van der Waals surface area contributed by atoms with Crippen LogP contribution in [-0.4, -0.2) is 29.0 Å². The Morgan fingerprint density at radius 2 is 2.43 bits per heavy atom. The number of nitrogens with one attached hydrogen (secondary N) is 1. The first-order valence-corrected chi connectivity index (χ1v) is 5.97. The Balaban J connectivity index is 1.82. The van der Waals surface area contributed by atoms with Crippen molar-refractivity contribution in [1.82, 2.24) is 15.5 Å². The van der Waals surface area contributed by atoms with Crippen molar-refractivity contribution in [1.29, 1.82) is 0 Å². The van der Waals surface area contributed by atoms with E-state index in [-0.39, 0.29) is 0 Å². The molecule has 3 nitrogen and oxygen atoms in total. The van der Waals surface area contributed by atoms with Crippen LogP contribution in [0.15, 0.2) is 17.2 Å². The first-order valence-electron chi connectivity index (χ1n) is 4.98. The van der Waals surface area contributed by atoms with Gasteiger partial charge in [-0.05, 0) is 44.5 Å². The van der Waals surface area contributed by atoms with Gasteiger partial charge in [0.05, 0.1) is 5.69 Å². The molecule has 1 aromatic heterocycles. The lowest BCUT2D eigenvalue weighted by Gasteiger charge is -2.06. The molecule has 14 heavy (non-hydrogen) atoms. The van der Waals surface area contributed by atoms with E-state index in [9.17, 15) is 0 Å². The zero-order chi connectivity index (χ0) is 9.80. The standard InChI is InChI=1S/C10H15N3S/c1-8-2-3-10(13-12-8)14-7-9-4-5-11-6-9/h2-3,9,11H,4-7H2,1H3/t9-/m1/s1. The summed E-state index contributed by atoms with van der Waals surface area (Å²) < 4.78 is 0. The van der Waals surface area contributed by atoms with Gasteiger partial charge >= 0.3 is 0 Å². The van der Waals surface area contributed by atoms with Gasteiger partial charge in [0.2, 0.25) is 0 Å². The highest BCUT2D eigenvalue weighted by atomic mass is 32.2. The van der Waals surface area contributed by atoms with Gasteiger partial charge in [-0.3, -0.25) is 0 Å². The van der Waals surface area contributed by atoms with E-state index in [1.807, 2.05) is 24.8 Å². The fourth-order valence-electron chi connectivity index (χ4n) is 1.52. The second-order valence-electron chi connectivity index (χ2n) is 3.68. The summed E-state index contributed by atoms with van der Waals surface area (Å²) in [5.41, 5.74) is 0.983. The topological polar surface area (TPSA) is 37.8 Å². The molecular weight excluding hydrogens is 194 g/mol. The van der Waals surface area contributed by atoms with Crippen molar-refractivity contribution in [3.05, 3.63) is 17.8 Å². The lowest BCUT2D eigenvalue weighted by molar-refractivity contribution is 0.662. The van der Waals surface area contributed by atoms with Gasteiger partial charge in [0.25, 0.3) is 0 Å². The predicted molar refractivity (Wildman–Crippen MR) is 58.5 cm³/mol. The summed E-state index contributed by atoms with van der Waals surface area (Å²) >= 11 is 1.81. The van der Waals surface area contributed by atoms with Gasteiger partial charge in [0.1, 0.15) is 5.03 Å².